The number of benzene rings is 1. The second-order valence-electron chi connectivity index (χ2n) is 4.40. The molecule has 0 bridgehead atoms. The largest absolute Gasteiger partial charge is 0.477 e. The molecule has 0 aliphatic carbocycles. The van der Waals surface area contributed by atoms with Gasteiger partial charge in [-0.3, -0.25) is 0 Å². The van der Waals surface area contributed by atoms with E-state index in [1.165, 1.54) is 6.07 Å². The summed E-state index contributed by atoms with van der Waals surface area (Å²) in [6, 6.07) is 12.6. The van der Waals surface area contributed by atoms with Gasteiger partial charge in [-0.15, -0.1) is 0 Å². The normalized spacial score (nSPS) is 10.4. The Kier molecular flexibility index (Phi) is 4.81. The molecule has 20 heavy (non-hydrogen) atoms. The Bertz CT molecular complexity index is 599. The summed E-state index contributed by atoms with van der Waals surface area (Å²) >= 11 is 0. The molecule has 5 heteroatoms. The summed E-state index contributed by atoms with van der Waals surface area (Å²) in [6.45, 7) is 1.15. The Labute approximate surface area is 116 Å². The third-order valence-corrected chi connectivity index (χ3v) is 2.84. The lowest BCUT2D eigenvalue weighted by Gasteiger charge is -2.06. The molecular weight excluding hydrogens is 256 g/mol. The number of hydrogen-bond donors (Lipinski definition) is 3. The zero-order chi connectivity index (χ0) is 14.4. The minimum atomic E-state index is -1.03. The summed E-state index contributed by atoms with van der Waals surface area (Å²) in [7, 11) is 0. The van der Waals surface area contributed by atoms with E-state index in [2.05, 4.69) is 10.3 Å². The smallest absolute Gasteiger partial charge is 0.354 e. The van der Waals surface area contributed by atoms with Gasteiger partial charge in [0.2, 0.25) is 0 Å². The summed E-state index contributed by atoms with van der Waals surface area (Å²) in [5.41, 5.74) is 2.66. The van der Waals surface area contributed by atoms with Crippen LogP contribution in [0, 0.1) is 0 Å². The molecular formula is C15H16N2O3. The van der Waals surface area contributed by atoms with Gasteiger partial charge in [0.05, 0.1) is 12.3 Å². The monoisotopic (exact) mass is 272 g/mol. The van der Waals surface area contributed by atoms with E-state index in [9.17, 15) is 4.79 Å². The van der Waals surface area contributed by atoms with Crippen LogP contribution < -0.4 is 5.32 Å². The molecule has 0 aliphatic rings. The van der Waals surface area contributed by atoms with Crippen LogP contribution in [0.1, 0.15) is 27.3 Å². The molecule has 0 fully saturated rings. The number of carboxylic acids is 1. The molecule has 2 rings (SSSR count). The Morgan fingerprint density at radius 2 is 1.85 bits per heavy atom. The van der Waals surface area contributed by atoms with E-state index in [-0.39, 0.29) is 12.3 Å². The maximum absolute atomic E-state index is 10.8. The predicted octanol–water partition coefficient (Wildman–Crippen LogP) is 1.56. The molecule has 0 atom stereocenters. The Morgan fingerprint density at radius 3 is 2.60 bits per heavy atom. The van der Waals surface area contributed by atoms with Crippen LogP contribution in [0.4, 0.5) is 0 Å². The van der Waals surface area contributed by atoms with Gasteiger partial charge < -0.3 is 15.5 Å². The fraction of sp³-hybridized carbons (Fsp3) is 0.200. The quantitative estimate of drug-likeness (QED) is 0.743. The van der Waals surface area contributed by atoms with Crippen LogP contribution in [0.5, 0.6) is 0 Å². The first kappa shape index (κ1) is 14.2. The lowest BCUT2D eigenvalue weighted by atomic mass is 10.1. The topological polar surface area (TPSA) is 82.5 Å². The van der Waals surface area contributed by atoms with Crippen molar-refractivity contribution in [2.75, 3.05) is 0 Å². The Hall–Kier alpha value is -2.24. The third-order valence-electron chi connectivity index (χ3n) is 2.84. The van der Waals surface area contributed by atoms with Gasteiger partial charge in [0, 0.05) is 13.1 Å². The van der Waals surface area contributed by atoms with E-state index in [4.69, 9.17) is 10.2 Å². The van der Waals surface area contributed by atoms with Crippen molar-refractivity contribution in [1.82, 2.24) is 10.3 Å². The highest BCUT2D eigenvalue weighted by atomic mass is 16.4. The Balaban J connectivity index is 1.92. The summed E-state index contributed by atoms with van der Waals surface area (Å²) in [5, 5.41) is 21.1. The number of hydrogen-bond acceptors (Lipinski definition) is 4. The van der Waals surface area contributed by atoms with Crippen LogP contribution in [0.3, 0.4) is 0 Å². The number of aromatic nitrogens is 1. The molecule has 0 unspecified atom stereocenters. The van der Waals surface area contributed by atoms with E-state index < -0.39 is 5.97 Å². The van der Waals surface area contributed by atoms with Gasteiger partial charge in [0.25, 0.3) is 0 Å². The average Bonchev–Trinajstić information content (AvgIpc) is 2.48. The highest BCUT2D eigenvalue weighted by Gasteiger charge is 2.04. The number of nitrogens with one attached hydrogen (secondary N) is 1. The van der Waals surface area contributed by atoms with Crippen LogP contribution in [-0.2, 0) is 19.7 Å². The van der Waals surface area contributed by atoms with Crippen LogP contribution >= 0.6 is 0 Å². The molecule has 0 saturated heterocycles. The van der Waals surface area contributed by atoms with Gasteiger partial charge in [-0.05, 0) is 23.3 Å². The lowest BCUT2D eigenvalue weighted by Crippen LogP contribution is -2.15. The molecule has 0 saturated carbocycles. The lowest BCUT2D eigenvalue weighted by molar-refractivity contribution is 0.0690. The first-order valence-electron chi connectivity index (χ1n) is 6.27. The number of pyridine rings is 1. The summed E-state index contributed by atoms with van der Waals surface area (Å²) in [4.78, 5) is 14.8. The van der Waals surface area contributed by atoms with Gasteiger partial charge in [-0.2, -0.15) is 0 Å². The van der Waals surface area contributed by atoms with Crippen molar-refractivity contribution in [2.45, 2.75) is 19.7 Å². The first-order valence-corrected chi connectivity index (χ1v) is 6.27. The molecule has 0 radical (unpaired) electrons. The first-order chi connectivity index (χ1) is 9.69. The van der Waals surface area contributed by atoms with Crippen molar-refractivity contribution in [3.8, 4) is 0 Å². The van der Waals surface area contributed by atoms with E-state index in [0.717, 1.165) is 11.1 Å². The number of carboxylic acid groups (broad SMARTS) is 1. The fourth-order valence-electron chi connectivity index (χ4n) is 1.87. The zero-order valence-corrected chi connectivity index (χ0v) is 10.9. The maximum Gasteiger partial charge on any atom is 0.354 e. The standard InChI is InChI=1S/C15H16N2O3/c18-10-12-4-1-3-11(7-12)8-16-9-13-5-2-6-14(17-13)15(19)20/h1-7,16,18H,8-10H2,(H,19,20). The van der Waals surface area contributed by atoms with Crippen molar-refractivity contribution < 1.29 is 15.0 Å². The summed E-state index contributed by atoms with van der Waals surface area (Å²) in [5.74, 6) is -1.03. The second-order valence-corrected chi connectivity index (χ2v) is 4.40. The molecule has 2 aromatic rings. The van der Waals surface area contributed by atoms with Gasteiger partial charge in [-0.25, -0.2) is 9.78 Å². The van der Waals surface area contributed by atoms with Gasteiger partial charge in [0.1, 0.15) is 5.69 Å². The Morgan fingerprint density at radius 1 is 1.10 bits per heavy atom. The van der Waals surface area contributed by atoms with E-state index in [1.54, 1.807) is 12.1 Å². The fourth-order valence-corrected chi connectivity index (χ4v) is 1.87. The highest BCUT2D eigenvalue weighted by Crippen LogP contribution is 2.05. The van der Waals surface area contributed by atoms with Crippen LogP contribution in [0.2, 0.25) is 0 Å². The molecule has 1 heterocycles. The van der Waals surface area contributed by atoms with Crippen LogP contribution in [-0.4, -0.2) is 21.2 Å². The second kappa shape index (κ2) is 6.79. The zero-order valence-electron chi connectivity index (χ0n) is 10.9. The van der Waals surface area contributed by atoms with Crippen molar-refractivity contribution in [1.29, 1.82) is 0 Å². The average molecular weight is 272 g/mol. The minimum Gasteiger partial charge on any atom is -0.477 e. The summed E-state index contributed by atoms with van der Waals surface area (Å²) in [6.07, 6.45) is 0. The highest BCUT2D eigenvalue weighted by molar-refractivity contribution is 5.85. The van der Waals surface area contributed by atoms with Crippen molar-refractivity contribution in [2.24, 2.45) is 0 Å². The number of rotatable bonds is 6. The maximum atomic E-state index is 10.8. The summed E-state index contributed by atoms with van der Waals surface area (Å²) < 4.78 is 0. The van der Waals surface area contributed by atoms with Crippen LogP contribution in [0.25, 0.3) is 0 Å². The van der Waals surface area contributed by atoms with Crippen molar-refractivity contribution in [3.05, 3.63) is 65.0 Å². The molecule has 1 aromatic heterocycles. The minimum absolute atomic E-state index is 0.0239. The van der Waals surface area contributed by atoms with Crippen molar-refractivity contribution >= 4 is 5.97 Å². The number of aliphatic hydroxyl groups is 1. The number of nitrogens with zero attached hydrogens (tertiary/aromatic N) is 1. The van der Waals surface area contributed by atoms with E-state index >= 15 is 0 Å². The number of carbonyl (C=O) groups is 1. The molecule has 1 aromatic carbocycles. The van der Waals surface area contributed by atoms with Crippen LogP contribution in [0.15, 0.2) is 42.5 Å². The molecule has 5 nitrogen and oxygen atoms in total. The molecule has 0 amide bonds. The molecule has 0 aliphatic heterocycles. The van der Waals surface area contributed by atoms with E-state index in [0.29, 0.717) is 18.8 Å². The van der Waals surface area contributed by atoms with Crippen molar-refractivity contribution in [3.63, 3.8) is 0 Å². The van der Waals surface area contributed by atoms with Gasteiger partial charge >= 0.3 is 5.97 Å². The SMILES string of the molecule is O=C(O)c1cccc(CNCc2cccc(CO)c2)n1. The molecule has 3 N–H and O–H groups in total. The third kappa shape index (κ3) is 3.88. The number of aliphatic hydroxyl groups excluding tert-OH is 1. The van der Waals surface area contributed by atoms with E-state index in [1.807, 2.05) is 24.3 Å². The van der Waals surface area contributed by atoms with Gasteiger partial charge in [0.15, 0.2) is 0 Å². The molecule has 104 valence electrons. The predicted molar refractivity (Wildman–Crippen MR) is 74.1 cm³/mol. The molecule has 0 spiro atoms. The van der Waals surface area contributed by atoms with Gasteiger partial charge in [-0.1, -0.05) is 30.3 Å². The number of aromatic carboxylic acids is 1.